The molecule has 0 unspecified atom stereocenters. The lowest BCUT2D eigenvalue weighted by molar-refractivity contribution is -0.385. The molecule has 31 heavy (non-hydrogen) atoms. The monoisotopic (exact) mass is 509 g/mol. The van der Waals surface area contributed by atoms with Crippen LogP contribution in [0.5, 0.6) is 0 Å². The van der Waals surface area contributed by atoms with Crippen LogP contribution in [0, 0.1) is 23.0 Å². The standard InChI is InChI=1S/C20H17BrClN3O6/c1-11-2-4-14(8-17(11)25(29)30)24-9-12(6-19(24)27)20(28)31-10-18(26)23-16-5-3-13(21)7-15(16)22/h2-5,7-8,12H,6,9-10H2,1H3,(H,23,26)/t12-/m1/s1. The number of amides is 2. The molecule has 0 aliphatic carbocycles. The summed E-state index contributed by atoms with van der Waals surface area (Å²) < 4.78 is 5.79. The summed E-state index contributed by atoms with van der Waals surface area (Å²) >= 11 is 9.29. The fourth-order valence-corrected chi connectivity index (χ4v) is 3.83. The number of benzene rings is 2. The number of hydrogen-bond acceptors (Lipinski definition) is 6. The molecule has 2 aromatic carbocycles. The minimum Gasteiger partial charge on any atom is -0.455 e. The van der Waals surface area contributed by atoms with Gasteiger partial charge in [0.2, 0.25) is 5.91 Å². The van der Waals surface area contributed by atoms with Crippen molar-refractivity contribution < 1.29 is 24.0 Å². The zero-order valence-electron chi connectivity index (χ0n) is 16.3. The molecular formula is C20H17BrClN3O6. The number of halogens is 2. The summed E-state index contributed by atoms with van der Waals surface area (Å²) in [5, 5.41) is 14.0. The third kappa shape index (κ3) is 5.39. The number of carbonyl (C=O) groups is 3. The molecule has 1 aliphatic heterocycles. The molecule has 11 heteroatoms. The Hall–Kier alpha value is -2.98. The second-order valence-electron chi connectivity index (χ2n) is 6.91. The highest BCUT2D eigenvalue weighted by Gasteiger charge is 2.37. The third-order valence-electron chi connectivity index (χ3n) is 4.71. The Labute approximate surface area is 190 Å². The molecule has 0 bridgehead atoms. The van der Waals surface area contributed by atoms with E-state index in [4.69, 9.17) is 16.3 Å². The first-order valence-corrected chi connectivity index (χ1v) is 10.3. The number of nitro groups is 1. The van der Waals surface area contributed by atoms with Crippen LogP contribution in [0.2, 0.25) is 5.02 Å². The zero-order chi connectivity index (χ0) is 22.7. The SMILES string of the molecule is Cc1ccc(N2C[C@H](C(=O)OCC(=O)Nc3ccc(Br)cc3Cl)CC2=O)cc1[N+](=O)[O-]. The molecule has 0 radical (unpaired) electrons. The molecule has 1 saturated heterocycles. The molecular weight excluding hydrogens is 494 g/mol. The minimum absolute atomic E-state index is 0.0119. The molecule has 1 N–H and O–H groups in total. The number of rotatable bonds is 6. The highest BCUT2D eigenvalue weighted by molar-refractivity contribution is 9.10. The quantitative estimate of drug-likeness (QED) is 0.358. The van der Waals surface area contributed by atoms with Gasteiger partial charge in [-0.25, -0.2) is 0 Å². The summed E-state index contributed by atoms with van der Waals surface area (Å²) in [5.41, 5.74) is 1.06. The molecule has 3 rings (SSSR count). The predicted octanol–water partition coefficient (Wildman–Crippen LogP) is 3.85. The summed E-state index contributed by atoms with van der Waals surface area (Å²) in [4.78, 5) is 48.7. The van der Waals surface area contributed by atoms with E-state index in [1.54, 1.807) is 37.3 Å². The van der Waals surface area contributed by atoms with Crippen molar-refractivity contribution in [1.82, 2.24) is 0 Å². The number of nitrogens with one attached hydrogen (secondary N) is 1. The lowest BCUT2D eigenvalue weighted by Crippen LogP contribution is -2.28. The molecule has 2 aromatic rings. The maximum atomic E-state index is 12.4. The van der Waals surface area contributed by atoms with Crippen molar-refractivity contribution in [3.63, 3.8) is 0 Å². The van der Waals surface area contributed by atoms with Crippen molar-refractivity contribution in [3.05, 3.63) is 61.6 Å². The fraction of sp³-hybridized carbons (Fsp3) is 0.250. The van der Waals surface area contributed by atoms with Gasteiger partial charge in [-0.2, -0.15) is 0 Å². The molecule has 0 spiro atoms. The van der Waals surface area contributed by atoms with Gasteiger partial charge in [-0.3, -0.25) is 24.5 Å². The van der Waals surface area contributed by atoms with Crippen molar-refractivity contribution in [2.24, 2.45) is 5.92 Å². The molecule has 1 aliphatic rings. The first kappa shape index (κ1) is 22.7. The molecule has 1 atom stereocenters. The number of hydrogen-bond donors (Lipinski definition) is 1. The maximum Gasteiger partial charge on any atom is 0.311 e. The molecule has 1 fully saturated rings. The van der Waals surface area contributed by atoms with E-state index in [2.05, 4.69) is 21.2 Å². The van der Waals surface area contributed by atoms with E-state index < -0.39 is 29.3 Å². The average molecular weight is 511 g/mol. The first-order chi connectivity index (χ1) is 14.7. The zero-order valence-corrected chi connectivity index (χ0v) is 18.6. The van der Waals surface area contributed by atoms with Crippen molar-refractivity contribution in [3.8, 4) is 0 Å². The Morgan fingerprint density at radius 2 is 2.06 bits per heavy atom. The average Bonchev–Trinajstić information content (AvgIpc) is 3.10. The summed E-state index contributed by atoms with van der Waals surface area (Å²) in [6, 6.07) is 9.34. The van der Waals surface area contributed by atoms with Crippen LogP contribution in [-0.2, 0) is 19.1 Å². The predicted molar refractivity (Wildman–Crippen MR) is 117 cm³/mol. The van der Waals surface area contributed by atoms with Gasteiger partial charge in [-0.15, -0.1) is 0 Å². The number of esters is 1. The Bertz CT molecular complexity index is 1080. The summed E-state index contributed by atoms with van der Waals surface area (Å²) in [5.74, 6) is -2.41. The van der Waals surface area contributed by atoms with Crippen LogP contribution < -0.4 is 10.2 Å². The van der Waals surface area contributed by atoms with E-state index >= 15 is 0 Å². The minimum atomic E-state index is -0.781. The highest BCUT2D eigenvalue weighted by Crippen LogP contribution is 2.30. The third-order valence-corrected chi connectivity index (χ3v) is 5.52. The number of nitrogens with zero attached hydrogens (tertiary/aromatic N) is 2. The van der Waals surface area contributed by atoms with E-state index in [9.17, 15) is 24.5 Å². The second kappa shape index (κ2) is 9.44. The van der Waals surface area contributed by atoms with E-state index in [0.29, 0.717) is 22.0 Å². The Morgan fingerprint density at radius 1 is 1.32 bits per heavy atom. The van der Waals surface area contributed by atoms with Gasteiger partial charge in [0.1, 0.15) is 0 Å². The van der Waals surface area contributed by atoms with Crippen molar-refractivity contribution in [2.45, 2.75) is 13.3 Å². The first-order valence-electron chi connectivity index (χ1n) is 9.12. The number of nitro benzene ring substituents is 1. The molecule has 2 amide bonds. The van der Waals surface area contributed by atoms with Gasteiger partial charge in [0.05, 0.1) is 27.2 Å². The highest BCUT2D eigenvalue weighted by atomic mass is 79.9. The fourth-order valence-electron chi connectivity index (χ4n) is 3.11. The second-order valence-corrected chi connectivity index (χ2v) is 8.24. The van der Waals surface area contributed by atoms with Crippen LogP contribution in [0.1, 0.15) is 12.0 Å². The molecule has 1 heterocycles. The Morgan fingerprint density at radius 3 is 2.74 bits per heavy atom. The normalized spacial score (nSPS) is 15.6. The smallest absolute Gasteiger partial charge is 0.311 e. The van der Waals surface area contributed by atoms with Gasteiger partial charge in [0.15, 0.2) is 6.61 Å². The lowest BCUT2D eigenvalue weighted by Gasteiger charge is -2.17. The lowest BCUT2D eigenvalue weighted by atomic mass is 10.1. The van der Waals surface area contributed by atoms with Crippen LogP contribution in [0.25, 0.3) is 0 Å². The van der Waals surface area contributed by atoms with Crippen molar-refractivity contribution >= 4 is 62.4 Å². The summed E-state index contributed by atoms with van der Waals surface area (Å²) in [6.07, 6.45) is -0.110. The van der Waals surface area contributed by atoms with Gasteiger partial charge in [0.25, 0.3) is 11.6 Å². The Balaban J connectivity index is 1.58. The van der Waals surface area contributed by atoms with Crippen LogP contribution in [0.15, 0.2) is 40.9 Å². The van der Waals surface area contributed by atoms with Crippen LogP contribution in [0.4, 0.5) is 17.1 Å². The van der Waals surface area contributed by atoms with Crippen LogP contribution in [-0.4, -0.2) is 35.9 Å². The number of aryl methyl sites for hydroxylation is 1. The van der Waals surface area contributed by atoms with E-state index in [1.807, 2.05) is 0 Å². The van der Waals surface area contributed by atoms with Crippen molar-refractivity contribution in [2.75, 3.05) is 23.4 Å². The molecule has 162 valence electrons. The van der Waals surface area contributed by atoms with E-state index in [-0.39, 0.29) is 24.6 Å². The number of carbonyl (C=O) groups excluding carboxylic acids is 3. The summed E-state index contributed by atoms with van der Waals surface area (Å²) in [6.45, 7) is 1.07. The maximum absolute atomic E-state index is 12.4. The van der Waals surface area contributed by atoms with Crippen LogP contribution >= 0.6 is 27.5 Å². The largest absolute Gasteiger partial charge is 0.455 e. The van der Waals surface area contributed by atoms with Crippen LogP contribution in [0.3, 0.4) is 0 Å². The van der Waals surface area contributed by atoms with Crippen molar-refractivity contribution in [1.29, 1.82) is 0 Å². The van der Waals surface area contributed by atoms with Gasteiger partial charge in [-0.05, 0) is 31.2 Å². The number of ether oxygens (including phenoxy) is 1. The number of anilines is 2. The van der Waals surface area contributed by atoms with E-state index in [1.165, 1.54) is 11.0 Å². The van der Waals surface area contributed by atoms with Gasteiger partial charge >= 0.3 is 5.97 Å². The summed E-state index contributed by atoms with van der Waals surface area (Å²) in [7, 11) is 0. The van der Waals surface area contributed by atoms with Gasteiger partial charge in [0, 0.05) is 29.1 Å². The van der Waals surface area contributed by atoms with Gasteiger partial charge in [-0.1, -0.05) is 33.6 Å². The van der Waals surface area contributed by atoms with E-state index in [0.717, 1.165) is 4.47 Å². The Kier molecular flexibility index (Phi) is 6.91. The molecule has 0 saturated carbocycles. The topological polar surface area (TPSA) is 119 Å². The van der Waals surface area contributed by atoms with Gasteiger partial charge < -0.3 is 15.0 Å². The molecule has 9 nitrogen and oxygen atoms in total. The molecule has 0 aromatic heterocycles.